The summed E-state index contributed by atoms with van der Waals surface area (Å²) < 4.78 is 44.2. The summed E-state index contributed by atoms with van der Waals surface area (Å²) in [5, 5.41) is 9.18. The van der Waals surface area contributed by atoms with Gasteiger partial charge in [0.25, 0.3) is 0 Å². The molecule has 1 atom stereocenters. The molecule has 0 saturated carbocycles. The first-order valence-electron chi connectivity index (χ1n) is 4.79. The Hall–Kier alpha value is -0.370. The van der Waals surface area contributed by atoms with Gasteiger partial charge in [-0.05, 0) is 13.8 Å². The molecule has 0 spiro atoms. The molecule has 4 nitrogen and oxygen atoms in total. The summed E-state index contributed by atoms with van der Waals surface area (Å²) in [6.45, 7) is 1.80. The van der Waals surface area contributed by atoms with Crippen LogP contribution in [0.5, 0.6) is 0 Å². The highest BCUT2D eigenvalue weighted by atomic mass is 19.4. The normalized spacial score (nSPS) is 15.2. The lowest BCUT2D eigenvalue weighted by atomic mass is 10.1. The first-order valence-corrected chi connectivity index (χ1v) is 4.79. The van der Waals surface area contributed by atoms with E-state index >= 15 is 0 Å². The van der Waals surface area contributed by atoms with Crippen LogP contribution in [-0.4, -0.2) is 49.4 Å². The fourth-order valence-corrected chi connectivity index (χ4v) is 0.817. The van der Waals surface area contributed by atoms with Gasteiger partial charge in [0.05, 0.1) is 19.8 Å². The Morgan fingerprint density at radius 2 is 1.56 bits per heavy atom. The van der Waals surface area contributed by atoms with Gasteiger partial charge in [0.2, 0.25) is 0 Å². The van der Waals surface area contributed by atoms with E-state index in [-0.39, 0.29) is 13.2 Å². The van der Waals surface area contributed by atoms with E-state index in [0.29, 0.717) is 0 Å². The van der Waals surface area contributed by atoms with E-state index in [2.05, 4.69) is 4.74 Å². The number of aliphatic hydroxyl groups excluding tert-OH is 1. The van der Waals surface area contributed by atoms with Crippen LogP contribution in [0.3, 0.4) is 0 Å². The molecule has 0 aliphatic carbocycles. The molecule has 0 aromatic rings. The fraction of sp³-hybridized carbons (Fsp3) is 1.00. The average Bonchev–Trinajstić information content (AvgIpc) is 1.98. The summed E-state index contributed by atoms with van der Waals surface area (Å²) in [6, 6.07) is 0. The van der Waals surface area contributed by atoms with Gasteiger partial charge in [-0.25, -0.2) is 0 Å². The molecule has 0 aliphatic heterocycles. The number of rotatable bonds is 7. The molecule has 0 aromatic heterocycles. The van der Waals surface area contributed by atoms with Crippen molar-refractivity contribution in [3.63, 3.8) is 0 Å². The Morgan fingerprint density at radius 3 is 1.94 bits per heavy atom. The number of nitrogens with two attached hydrogens (primary N) is 1. The lowest BCUT2D eigenvalue weighted by Gasteiger charge is -2.19. The molecule has 0 heterocycles. The lowest BCUT2D eigenvalue weighted by Crippen LogP contribution is -2.38. The third kappa shape index (κ3) is 11.7. The summed E-state index contributed by atoms with van der Waals surface area (Å²) in [5.41, 5.74) is 5.06. The minimum atomic E-state index is -4.38. The number of aliphatic hydroxyl groups is 1. The van der Waals surface area contributed by atoms with Crippen LogP contribution in [0.2, 0.25) is 0 Å². The van der Waals surface area contributed by atoms with Gasteiger partial charge in [0, 0.05) is 5.54 Å². The fourth-order valence-electron chi connectivity index (χ4n) is 0.817. The van der Waals surface area contributed by atoms with Crippen molar-refractivity contribution in [3.05, 3.63) is 0 Å². The third-order valence-electron chi connectivity index (χ3n) is 1.36. The molecule has 3 N–H and O–H groups in total. The number of alkyl halides is 3. The predicted octanol–water partition coefficient (Wildman–Crippen LogP) is 0.680. The molecule has 0 unspecified atom stereocenters. The number of ether oxygens (including phenoxy) is 2. The quantitative estimate of drug-likeness (QED) is 0.692. The Balaban J connectivity index is 3.49. The molecule has 16 heavy (non-hydrogen) atoms. The van der Waals surface area contributed by atoms with Gasteiger partial charge in [-0.2, -0.15) is 13.2 Å². The number of hydrogen-bond acceptors (Lipinski definition) is 4. The van der Waals surface area contributed by atoms with Crippen LogP contribution in [0.25, 0.3) is 0 Å². The maximum Gasteiger partial charge on any atom is 0.411 e. The zero-order chi connectivity index (χ0) is 12.8. The molecule has 98 valence electrons. The summed E-state index contributed by atoms with van der Waals surface area (Å²) >= 11 is 0. The van der Waals surface area contributed by atoms with Crippen molar-refractivity contribution in [2.75, 3.05) is 26.4 Å². The minimum absolute atomic E-state index is 0.0987. The van der Waals surface area contributed by atoms with Crippen LogP contribution >= 0.6 is 0 Å². The molecule has 0 amide bonds. The van der Waals surface area contributed by atoms with Crippen LogP contribution < -0.4 is 5.73 Å². The molecule has 0 rings (SSSR count). The van der Waals surface area contributed by atoms with E-state index in [4.69, 9.17) is 10.5 Å². The second kappa shape index (κ2) is 6.39. The highest BCUT2D eigenvalue weighted by Crippen LogP contribution is 2.14. The summed E-state index contributed by atoms with van der Waals surface area (Å²) in [4.78, 5) is 0. The number of hydrogen-bond donors (Lipinski definition) is 2. The lowest BCUT2D eigenvalue weighted by molar-refractivity contribution is -0.181. The average molecular weight is 245 g/mol. The van der Waals surface area contributed by atoms with Crippen LogP contribution in [0.1, 0.15) is 13.8 Å². The Bertz CT molecular complexity index is 171. The number of halogens is 3. The highest BCUT2D eigenvalue weighted by Gasteiger charge is 2.27. The van der Waals surface area contributed by atoms with E-state index in [1.165, 1.54) is 0 Å². The molecule has 0 aromatic carbocycles. The van der Waals surface area contributed by atoms with Crippen molar-refractivity contribution >= 4 is 0 Å². The van der Waals surface area contributed by atoms with Gasteiger partial charge >= 0.3 is 6.18 Å². The molecular formula is C9H18F3NO3. The highest BCUT2D eigenvalue weighted by molar-refractivity contribution is 4.70. The zero-order valence-corrected chi connectivity index (χ0v) is 9.38. The van der Waals surface area contributed by atoms with E-state index in [9.17, 15) is 18.3 Å². The van der Waals surface area contributed by atoms with E-state index < -0.39 is 31.0 Å². The van der Waals surface area contributed by atoms with E-state index in [0.717, 1.165) is 0 Å². The van der Waals surface area contributed by atoms with E-state index in [1.54, 1.807) is 13.8 Å². The van der Waals surface area contributed by atoms with Crippen LogP contribution in [0, 0.1) is 0 Å². The van der Waals surface area contributed by atoms with Crippen LogP contribution in [0.4, 0.5) is 13.2 Å². The smallest absolute Gasteiger partial charge is 0.388 e. The van der Waals surface area contributed by atoms with Crippen molar-refractivity contribution < 1.29 is 27.8 Å². The Kier molecular flexibility index (Phi) is 6.24. The van der Waals surface area contributed by atoms with Crippen molar-refractivity contribution in [2.24, 2.45) is 5.73 Å². The van der Waals surface area contributed by atoms with Gasteiger partial charge in [-0.15, -0.1) is 0 Å². The monoisotopic (exact) mass is 245 g/mol. The van der Waals surface area contributed by atoms with Gasteiger partial charge in [-0.1, -0.05) is 0 Å². The second-order valence-electron chi connectivity index (χ2n) is 4.29. The first kappa shape index (κ1) is 15.6. The van der Waals surface area contributed by atoms with Crippen LogP contribution in [0.15, 0.2) is 0 Å². The molecule has 0 saturated heterocycles. The summed E-state index contributed by atoms with van der Waals surface area (Å²) in [6.07, 6.45) is -5.45. The molecule has 7 heteroatoms. The van der Waals surface area contributed by atoms with Gasteiger partial charge < -0.3 is 20.3 Å². The molecular weight excluding hydrogens is 227 g/mol. The van der Waals surface area contributed by atoms with Crippen molar-refractivity contribution in [1.82, 2.24) is 0 Å². The van der Waals surface area contributed by atoms with Gasteiger partial charge in [0.1, 0.15) is 12.7 Å². The second-order valence-corrected chi connectivity index (χ2v) is 4.29. The largest absolute Gasteiger partial charge is 0.411 e. The molecule has 0 bridgehead atoms. The van der Waals surface area contributed by atoms with Crippen molar-refractivity contribution in [3.8, 4) is 0 Å². The van der Waals surface area contributed by atoms with Crippen molar-refractivity contribution in [1.29, 1.82) is 0 Å². The Labute approximate surface area is 92.5 Å². The molecule has 0 radical (unpaired) electrons. The third-order valence-corrected chi connectivity index (χ3v) is 1.36. The Morgan fingerprint density at radius 1 is 1.12 bits per heavy atom. The van der Waals surface area contributed by atoms with E-state index in [1.807, 2.05) is 0 Å². The van der Waals surface area contributed by atoms with Crippen LogP contribution in [-0.2, 0) is 9.47 Å². The zero-order valence-electron chi connectivity index (χ0n) is 9.38. The van der Waals surface area contributed by atoms with Gasteiger partial charge in [0.15, 0.2) is 0 Å². The standard InChI is InChI=1S/C9H18F3NO3/c1-8(2,13)5-15-3-7(14)4-16-6-9(10,11)12/h7,14H,3-6,13H2,1-2H3/t7-/m0/s1. The minimum Gasteiger partial charge on any atom is -0.388 e. The SMILES string of the molecule is CC(C)(N)COC[C@H](O)COCC(F)(F)F. The first-order chi connectivity index (χ1) is 7.10. The maximum absolute atomic E-state index is 11.7. The summed E-state index contributed by atoms with van der Waals surface area (Å²) in [7, 11) is 0. The predicted molar refractivity (Wildman–Crippen MR) is 52.0 cm³/mol. The topological polar surface area (TPSA) is 64.7 Å². The van der Waals surface area contributed by atoms with Crippen molar-refractivity contribution in [2.45, 2.75) is 31.7 Å². The molecule has 0 fully saturated rings. The maximum atomic E-state index is 11.7. The molecule has 0 aliphatic rings. The summed E-state index contributed by atoms with van der Waals surface area (Å²) in [5.74, 6) is 0. The van der Waals surface area contributed by atoms with Gasteiger partial charge in [-0.3, -0.25) is 0 Å².